The van der Waals surface area contributed by atoms with E-state index in [0.29, 0.717) is 12.1 Å². The van der Waals surface area contributed by atoms with Crippen LogP contribution in [-0.4, -0.2) is 42.9 Å². The first-order valence-electron chi connectivity index (χ1n) is 5.81. The molecular formula is C13H20FNO2. The van der Waals surface area contributed by atoms with Crippen LogP contribution in [0.1, 0.15) is 12.5 Å². The van der Waals surface area contributed by atoms with Crippen LogP contribution in [0.4, 0.5) is 4.39 Å². The van der Waals surface area contributed by atoms with Crippen molar-refractivity contribution in [2.24, 2.45) is 0 Å². The monoisotopic (exact) mass is 241 g/mol. The summed E-state index contributed by atoms with van der Waals surface area (Å²) >= 11 is 0. The molecule has 0 spiro atoms. The SMILES string of the molecule is CCN(C)CC(O)COCc1ccccc1F. The third kappa shape index (κ3) is 5.26. The fourth-order valence-electron chi connectivity index (χ4n) is 1.46. The molecule has 0 aliphatic heterocycles. The molecule has 0 radical (unpaired) electrons. The van der Waals surface area contributed by atoms with Gasteiger partial charge >= 0.3 is 0 Å². The van der Waals surface area contributed by atoms with E-state index in [2.05, 4.69) is 0 Å². The summed E-state index contributed by atoms with van der Waals surface area (Å²) in [6.45, 7) is 3.88. The number of aliphatic hydroxyl groups is 1. The minimum absolute atomic E-state index is 0.194. The van der Waals surface area contributed by atoms with E-state index in [-0.39, 0.29) is 19.0 Å². The topological polar surface area (TPSA) is 32.7 Å². The van der Waals surface area contributed by atoms with E-state index in [1.165, 1.54) is 6.07 Å². The first-order valence-corrected chi connectivity index (χ1v) is 5.81. The number of hydrogen-bond donors (Lipinski definition) is 1. The summed E-state index contributed by atoms with van der Waals surface area (Å²) in [5, 5.41) is 9.64. The fraction of sp³-hybridized carbons (Fsp3) is 0.538. The Morgan fingerprint density at radius 2 is 2.12 bits per heavy atom. The number of hydrogen-bond acceptors (Lipinski definition) is 3. The molecule has 17 heavy (non-hydrogen) atoms. The van der Waals surface area contributed by atoms with Crippen LogP contribution in [0.3, 0.4) is 0 Å². The van der Waals surface area contributed by atoms with Gasteiger partial charge < -0.3 is 14.7 Å². The largest absolute Gasteiger partial charge is 0.389 e. The van der Waals surface area contributed by atoms with Crippen molar-refractivity contribution < 1.29 is 14.2 Å². The van der Waals surface area contributed by atoms with Gasteiger partial charge in [0.1, 0.15) is 5.82 Å². The maximum absolute atomic E-state index is 13.2. The summed E-state index contributed by atoms with van der Waals surface area (Å²) in [5.74, 6) is -0.271. The second-order valence-corrected chi connectivity index (χ2v) is 4.12. The molecule has 0 aliphatic carbocycles. The van der Waals surface area contributed by atoms with Crippen LogP contribution in [0, 0.1) is 5.82 Å². The van der Waals surface area contributed by atoms with Crippen molar-refractivity contribution in [2.45, 2.75) is 19.6 Å². The van der Waals surface area contributed by atoms with Gasteiger partial charge in [0.05, 0.1) is 19.3 Å². The molecular weight excluding hydrogens is 221 g/mol. The number of benzene rings is 1. The number of aliphatic hydroxyl groups excluding tert-OH is 1. The van der Waals surface area contributed by atoms with Crippen LogP contribution >= 0.6 is 0 Å². The molecule has 96 valence electrons. The lowest BCUT2D eigenvalue weighted by atomic mass is 10.2. The van der Waals surface area contributed by atoms with Gasteiger partial charge in [-0.3, -0.25) is 0 Å². The zero-order valence-corrected chi connectivity index (χ0v) is 10.4. The Bertz CT molecular complexity index is 333. The van der Waals surface area contributed by atoms with Gasteiger partial charge in [-0.1, -0.05) is 25.1 Å². The number of nitrogens with zero attached hydrogens (tertiary/aromatic N) is 1. The van der Waals surface area contributed by atoms with Crippen LogP contribution in [0.15, 0.2) is 24.3 Å². The van der Waals surface area contributed by atoms with E-state index in [9.17, 15) is 9.50 Å². The van der Waals surface area contributed by atoms with E-state index >= 15 is 0 Å². The van der Waals surface area contributed by atoms with Gasteiger partial charge in [0.25, 0.3) is 0 Å². The van der Waals surface area contributed by atoms with E-state index in [4.69, 9.17) is 4.74 Å². The molecule has 1 N–H and O–H groups in total. The molecule has 0 saturated carbocycles. The Kier molecular flexibility index (Phi) is 6.11. The lowest BCUT2D eigenvalue weighted by Crippen LogP contribution is -2.32. The summed E-state index contributed by atoms with van der Waals surface area (Å²) in [4.78, 5) is 2.00. The minimum atomic E-state index is -0.535. The first-order chi connectivity index (χ1) is 8.13. The molecule has 1 unspecified atom stereocenters. The van der Waals surface area contributed by atoms with Gasteiger partial charge in [0, 0.05) is 12.1 Å². The van der Waals surface area contributed by atoms with Gasteiger partial charge in [-0.25, -0.2) is 4.39 Å². The Morgan fingerprint density at radius 1 is 1.41 bits per heavy atom. The third-order valence-corrected chi connectivity index (χ3v) is 2.59. The predicted molar refractivity (Wildman–Crippen MR) is 65.2 cm³/mol. The first kappa shape index (κ1) is 14.1. The Hall–Kier alpha value is -0.970. The highest BCUT2D eigenvalue weighted by Gasteiger charge is 2.08. The molecule has 0 fully saturated rings. The Morgan fingerprint density at radius 3 is 2.76 bits per heavy atom. The standard InChI is InChI=1S/C13H20FNO2/c1-3-15(2)8-12(16)10-17-9-11-6-4-5-7-13(11)14/h4-7,12,16H,3,8-10H2,1-2H3. The zero-order valence-electron chi connectivity index (χ0n) is 10.4. The fourth-order valence-corrected chi connectivity index (χ4v) is 1.46. The van der Waals surface area contributed by atoms with Gasteiger partial charge in [-0.05, 0) is 19.7 Å². The minimum Gasteiger partial charge on any atom is -0.389 e. The van der Waals surface area contributed by atoms with Crippen molar-refractivity contribution in [3.05, 3.63) is 35.6 Å². The molecule has 0 aliphatic rings. The van der Waals surface area contributed by atoms with Gasteiger partial charge in [-0.15, -0.1) is 0 Å². The van der Waals surface area contributed by atoms with Crippen molar-refractivity contribution in [3.8, 4) is 0 Å². The van der Waals surface area contributed by atoms with E-state index in [1.807, 2.05) is 18.9 Å². The maximum atomic E-state index is 13.2. The normalized spacial score (nSPS) is 13.0. The average Bonchev–Trinajstić information content (AvgIpc) is 2.31. The molecule has 1 aromatic carbocycles. The highest BCUT2D eigenvalue weighted by Crippen LogP contribution is 2.07. The molecule has 0 heterocycles. The van der Waals surface area contributed by atoms with Crippen molar-refractivity contribution in [3.63, 3.8) is 0 Å². The van der Waals surface area contributed by atoms with Gasteiger partial charge in [0.2, 0.25) is 0 Å². The Labute approximate surface area is 102 Å². The van der Waals surface area contributed by atoms with Crippen LogP contribution in [-0.2, 0) is 11.3 Å². The Balaban J connectivity index is 2.26. The summed E-state index contributed by atoms with van der Waals surface area (Å²) in [6, 6.07) is 6.49. The summed E-state index contributed by atoms with van der Waals surface area (Å²) in [6.07, 6.45) is -0.535. The number of ether oxygens (including phenoxy) is 1. The van der Waals surface area contributed by atoms with Gasteiger partial charge in [0.15, 0.2) is 0 Å². The zero-order chi connectivity index (χ0) is 12.7. The summed E-state index contributed by atoms with van der Waals surface area (Å²) in [7, 11) is 1.93. The highest BCUT2D eigenvalue weighted by molar-refractivity contribution is 5.16. The van der Waals surface area contributed by atoms with Crippen molar-refractivity contribution in [2.75, 3.05) is 26.7 Å². The molecule has 3 nitrogen and oxygen atoms in total. The lowest BCUT2D eigenvalue weighted by Gasteiger charge is -2.18. The van der Waals surface area contributed by atoms with Crippen molar-refractivity contribution >= 4 is 0 Å². The quantitative estimate of drug-likeness (QED) is 0.788. The van der Waals surface area contributed by atoms with E-state index in [1.54, 1.807) is 18.2 Å². The lowest BCUT2D eigenvalue weighted by molar-refractivity contribution is 0.0136. The average molecular weight is 241 g/mol. The summed E-state index contributed by atoms with van der Waals surface area (Å²) < 4.78 is 18.5. The molecule has 0 saturated heterocycles. The number of likely N-dealkylation sites (N-methyl/N-ethyl adjacent to an activating group) is 1. The second-order valence-electron chi connectivity index (χ2n) is 4.12. The van der Waals surface area contributed by atoms with Crippen molar-refractivity contribution in [1.29, 1.82) is 0 Å². The summed E-state index contributed by atoms with van der Waals surface area (Å²) in [5.41, 5.74) is 0.517. The van der Waals surface area contributed by atoms with E-state index in [0.717, 1.165) is 6.54 Å². The molecule has 0 amide bonds. The number of rotatable bonds is 7. The molecule has 4 heteroatoms. The molecule has 1 aromatic rings. The highest BCUT2D eigenvalue weighted by atomic mass is 19.1. The molecule has 0 aromatic heterocycles. The van der Waals surface area contributed by atoms with E-state index < -0.39 is 6.10 Å². The third-order valence-electron chi connectivity index (χ3n) is 2.59. The van der Waals surface area contributed by atoms with Gasteiger partial charge in [-0.2, -0.15) is 0 Å². The molecule has 1 atom stereocenters. The smallest absolute Gasteiger partial charge is 0.128 e. The number of halogens is 1. The second kappa shape index (κ2) is 7.37. The van der Waals surface area contributed by atoms with Crippen LogP contribution in [0.25, 0.3) is 0 Å². The van der Waals surface area contributed by atoms with Crippen LogP contribution in [0.5, 0.6) is 0 Å². The van der Waals surface area contributed by atoms with Crippen LogP contribution in [0.2, 0.25) is 0 Å². The molecule has 1 rings (SSSR count). The molecule has 0 bridgehead atoms. The van der Waals surface area contributed by atoms with Crippen LogP contribution < -0.4 is 0 Å². The van der Waals surface area contributed by atoms with Crippen molar-refractivity contribution in [1.82, 2.24) is 4.90 Å². The predicted octanol–water partition coefficient (Wildman–Crippen LogP) is 1.65. The maximum Gasteiger partial charge on any atom is 0.128 e.